The van der Waals surface area contributed by atoms with Crippen molar-refractivity contribution >= 4 is 17.6 Å². The first-order valence-corrected chi connectivity index (χ1v) is 9.88. The van der Waals surface area contributed by atoms with Gasteiger partial charge in [0.2, 0.25) is 0 Å². The number of nitrogens with two attached hydrogens (primary N) is 1. The van der Waals surface area contributed by atoms with Crippen LogP contribution in [0.4, 0.5) is 5.82 Å². The summed E-state index contributed by atoms with van der Waals surface area (Å²) in [6.07, 6.45) is 8.06. The summed E-state index contributed by atoms with van der Waals surface area (Å²) in [5.41, 5.74) is 9.21. The first-order chi connectivity index (χ1) is 14.1. The number of rotatable bonds is 7. The van der Waals surface area contributed by atoms with Crippen LogP contribution < -0.4 is 21.8 Å². The maximum absolute atomic E-state index is 12.3. The molecule has 8 nitrogen and oxygen atoms in total. The van der Waals surface area contributed by atoms with E-state index >= 15 is 0 Å². The molecule has 0 radical (unpaired) electrons. The quantitative estimate of drug-likeness (QED) is 0.359. The molecular formula is C21H27N5O3. The lowest BCUT2D eigenvalue weighted by Crippen LogP contribution is -2.50. The van der Waals surface area contributed by atoms with Crippen LogP contribution in [0.5, 0.6) is 0 Å². The van der Waals surface area contributed by atoms with Gasteiger partial charge >= 0.3 is 0 Å². The predicted molar refractivity (Wildman–Crippen MR) is 110 cm³/mol. The summed E-state index contributed by atoms with van der Waals surface area (Å²) in [4.78, 5) is 28.2. The number of anilines is 1. The van der Waals surface area contributed by atoms with Crippen molar-refractivity contribution in [3.63, 3.8) is 0 Å². The lowest BCUT2D eigenvalue weighted by molar-refractivity contribution is -0.130. The van der Waals surface area contributed by atoms with E-state index in [9.17, 15) is 9.59 Å². The largest absolute Gasteiger partial charge is 0.367 e. The summed E-state index contributed by atoms with van der Waals surface area (Å²) < 4.78 is 0. The lowest BCUT2D eigenvalue weighted by Gasteiger charge is -2.23. The molecule has 0 bridgehead atoms. The molecule has 1 heterocycles. The van der Waals surface area contributed by atoms with Crippen LogP contribution in [0.2, 0.25) is 0 Å². The number of aromatic nitrogens is 1. The maximum atomic E-state index is 12.3. The van der Waals surface area contributed by atoms with Crippen LogP contribution in [-0.4, -0.2) is 40.6 Å². The van der Waals surface area contributed by atoms with Gasteiger partial charge in [0.05, 0.1) is 0 Å². The molecule has 6 N–H and O–H groups in total. The summed E-state index contributed by atoms with van der Waals surface area (Å²) in [6, 6.07) is 10.5. The molecule has 1 saturated carbocycles. The fourth-order valence-electron chi connectivity index (χ4n) is 3.47. The smallest absolute Gasteiger partial charge is 0.267 e. The van der Waals surface area contributed by atoms with Gasteiger partial charge in [0.25, 0.3) is 11.8 Å². The standard InChI is InChI=1S/C21H27N5O3/c22-12-18(21(28)26-29)25-20(27)15-8-6-14(7-9-15)16-10-11-19(23-13-16)24-17-4-2-1-3-5-17/h6-11,13,17-18,29H,1-5,12,22H2,(H,23,24)(H,25,27)(H,26,28)/t18-/m0/s1. The number of hydrogen-bond acceptors (Lipinski definition) is 6. The van der Waals surface area contributed by atoms with Gasteiger partial charge in [0.1, 0.15) is 11.9 Å². The number of nitrogens with one attached hydrogen (secondary N) is 3. The Kier molecular flexibility index (Phi) is 7.15. The summed E-state index contributed by atoms with van der Waals surface area (Å²) in [5, 5.41) is 14.7. The van der Waals surface area contributed by atoms with Crippen LogP contribution >= 0.6 is 0 Å². The summed E-state index contributed by atoms with van der Waals surface area (Å²) in [6.45, 7) is -0.122. The van der Waals surface area contributed by atoms with Crippen molar-refractivity contribution in [1.29, 1.82) is 0 Å². The Bertz CT molecular complexity index is 817. The van der Waals surface area contributed by atoms with Gasteiger partial charge in [-0.15, -0.1) is 0 Å². The molecule has 1 aromatic carbocycles. The van der Waals surface area contributed by atoms with Crippen molar-refractivity contribution in [2.75, 3.05) is 11.9 Å². The average Bonchev–Trinajstić information content (AvgIpc) is 2.78. The van der Waals surface area contributed by atoms with Crippen LogP contribution in [0.1, 0.15) is 42.5 Å². The van der Waals surface area contributed by atoms with Crippen molar-refractivity contribution in [3.8, 4) is 11.1 Å². The molecule has 29 heavy (non-hydrogen) atoms. The van der Waals surface area contributed by atoms with Crippen LogP contribution in [0, 0.1) is 0 Å². The van der Waals surface area contributed by atoms with E-state index in [1.54, 1.807) is 12.1 Å². The first-order valence-electron chi connectivity index (χ1n) is 9.88. The Morgan fingerprint density at radius 1 is 1.07 bits per heavy atom. The lowest BCUT2D eigenvalue weighted by atomic mass is 9.95. The molecule has 1 atom stereocenters. The summed E-state index contributed by atoms with van der Waals surface area (Å²) >= 11 is 0. The number of hydroxylamine groups is 1. The van der Waals surface area contributed by atoms with Crippen molar-refractivity contribution in [3.05, 3.63) is 48.2 Å². The van der Waals surface area contributed by atoms with Crippen LogP contribution in [0.3, 0.4) is 0 Å². The third-order valence-corrected chi connectivity index (χ3v) is 5.17. The van der Waals surface area contributed by atoms with E-state index in [4.69, 9.17) is 10.9 Å². The Labute approximate surface area is 169 Å². The number of pyridine rings is 1. The average molecular weight is 397 g/mol. The zero-order valence-electron chi connectivity index (χ0n) is 16.2. The number of benzene rings is 1. The van der Waals surface area contributed by atoms with E-state index in [2.05, 4.69) is 15.6 Å². The van der Waals surface area contributed by atoms with Gasteiger partial charge in [-0.3, -0.25) is 14.8 Å². The minimum absolute atomic E-state index is 0.122. The molecule has 0 unspecified atom stereocenters. The second-order valence-electron chi connectivity index (χ2n) is 7.23. The molecule has 1 aliphatic carbocycles. The van der Waals surface area contributed by atoms with Gasteiger partial charge in [0.15, 0.2) is 0 Å². The summed E-state index contributed by atoms with van der Waals surface area (Å²) in [5.74, 6) is -0.321. The third-order valence-electron chi connectivity index (χ3n) is 5.17. The Balaban J connectivity index is 1.62. The van der Waals surface area contributed by atoms with Crippen LogP contribution in [0.25, 0.3) is 11.1 Å². The second-order valence-corrected chi connectivity index (χ2v) is 7.23. The van der Waals surface area contributed by atoms with E-state index < -0.39 is 17.9 Å². The van der Waals surface area contributed by atoms with Gasteiger partial charge in [-0.1, -0.05) is 31.4 Å². The van der Waals surface area contributed by atoms with Crippen molar-refractivity contribution in [1.82, 2.24) is 15.8 Å². The van der Waals surface area contributed by atoms with E-state index in [0.29, 0.717) is 11.6 Å². The Morgan fingerprint density at radius 2 is 1.76 bits per heavy atom. The summed E-state index contributed by atoms with van der Waals surface area (Å²) in [7, 11) is 0. The van der Waals surface area contributed by atoms with Crippen LogP contribution in [-0.2, 0) is 4.79 Å². The monoisotopic (exact) mass is 397 g/mol. The van der Waals surface area contributed by atoms with Crippen LogP contribution in [0.15, 0.2) is 42.6 Å². The van der Waals surface area contributed by atoms with Gasteiger partial charge in [-0.05, 0) is 42.7 Å². The van der Waals surface area contributed by atoms with E-state index in [1.807, 2.05) is 30.5 Å². The SMILES string of the molecule is NC[C@H](NC(=O)c1ccc(-c2ccc(NC3CCCCC3)nc2)cc1)C(=O)NO. The maximum Gasteiger partial charge on any atom is 0.267 e. The number of amides is 2. The molecule has 1 aromatic heterocycles. The van der Waals surface area contributed by atoms with E-state index in [0.717, 1.165) is 16.9 Å². The molecule has 3 rings (SSSR count). The highest BCUT2D eigenvalue weighted by atomic mass is 16.5. The molecule has 2 aromatic rings. The first kappa shape index (κ1) is 20.8. The highest BCUT2D eigenvalue weighted by Gasteiger charge is 2.19. The molecular weight excluding hydrogens is 370 g/mol. The van der Waals surface area contributed by atoms with Crippen molar-refractivity contribution in [2.45, 2.75) is 44.2 Å². The number of nitrogens with zero attached hydrogens (tertiary/aromatic N) is 1. The normalized spacial score (nSPS) is 15.4. The minimum Gasteiger partial charge on any atom is -0.367 e. The highest BCUT2D eigenvalue weighted by molar-refractivity contribution is 5.97. The van der Waals surface area contributed by atoms with Crippen molar-refractivity contribution < 1.29 is 14.8 Å². The Morgan fingerprint density at radius 3 is 2.34 bits per heavy atom. The molecule has 0 spiro atoms. The van der Waals surface area contributed by atoms with Gasteiger partial charge in [-0.25, -0.2) is 10.5 Å². The molecule has 0 saturated heterocycles. The number of hydrogen-bond donors (Lipinski definition) is 5. The molecule has 0 aliphatic heterocycles. The third kappa shape index (κ3) is 5.52. The van der Waals surface area contributed by atoms with E-state index in [1.165, 1.54) is 37.6 Å². The Hall–Kier alpha value is -2.97. The van der Waals surface area contributed by atoms with Gasteiger partial charge in [0, 0.05) is 29.9 Å². The highest BCUT2D eigenvalue weighted by Crippen LogP contribution is 2.23. The zero-order chi connectivity index (χ0) is 20.6. The van der Waals surface area contributed by atoms with Gasteiger partial charge in [-0.2, -0.15) is 0 Å². The second kappa shape index (κ2) is 9.99. The predicted octanol–water partition coefficient (Wildman–Crippen LogP) is 2.06. The van der Waals surface area contributed by atoms with Gasteiger partial charge < -0.3 is 16.4 Å². The molecule has 8 heteroatoms. The fourth-order valence-corrected chi connectivity index (χ4v) is 3.47. The molecule has 1 aliphatic rings. The fraction of sp³-hybridized carbons (Fsp3) is 0.381. The number of carbonyl (C=O) groups is 2. The number of carbonyl (C=O) groups excluding carboxylic acids is 2. The molecule has 154 valence electrons. The molecule has 1 fully saturated rings. The zero-order valence-corrected chi connectivity index (χ0v) is 16.2. The van der Waals surface area contributed by atoms with E-state index in [-0.39, 0.29) is 6.54 Å². The minimum atomic E-state index is -0.999. The topological polar surface area (TPSA) is 129 Å². The van der Waals surface area contributed by atoms with Crippen molar-refractivity contribution in [2.24, 2.45) is 5.73 Å². The molecule has 2 amide bonds.